The third-order valence-electron chi connectivity index (χ3n) is 8.19. The zero-order chi connectivity index (χ0) is 29.3. The molecular formula is C33H34N4O5. The minimum Gasteiger partial charge on any atom is -0.493 e. The van der Waals surface area contributed by atoms with Crippen molar-refractivity contribution in [3.8, 4) is 23.0 Å². The van der Waals surface area contributed by atoms with E-state index in [0.29, 0.717) is 47.0 Å². The molecule has 9 nitrogen and oxygen atoms in total. The third-order valence-corrected chi connectivity index (χ3v) is 8.19. The first-order valence-corrected chi connectivity index (χ1v) is 14.2. The van der Waals surface area contributed by atoms with E-state index in [4.69, 9.17) is 19.9 Å². The predicted octanol–water partition coefficient (Wildman–Crippen LogP) is 5.57. The van der Waals surface area contributed by atoms with Crippen molar-refractivity contribution >= 4 is 34.1 Å². The molecule has 216 valence electrons. The van der Waals surface area contributed by atoms with Gasteiger partial charge in [0, 0.05) is 29.9 Å². The number of pyridine rings is 1. The van der Waals surface area contributed by atoms with E-state index in [1.54, 1.807) is 37.4 Å². The van der Waals surface area contributed by atoms with Gasteiger partial charge in [0.2, 0.25) is 11.8 Å². The van der Waals surface area contributed by atoms with Crippen LogP contribution in [0.25, 0.3) is 10.9 Å². The second-order valence-corrected chi connectivity index (χ2v) is 10.8. The Hall–Kier alpha value is -4.63. The quantitative estimate of drug-likeness (QED) is 0.250. The minimum absolute atomic E-state index is 0.293. The largest absolute Gasteiger partial charge is 0.493 e. The summed E-state index contributed by atoms with van der Waals surface area (Å²) in [6, 6.07) is 20.6. The average Bonchev–Trinajstić information content (AvgIpc) is 3.68. The molecule has 42 heavy (non-hydrogen) atoms. The number of anilines is 2. The number of para-hydroxylation sites is 1. The maximum Gasteiger partial charge on any atom is 0.247 e. The van der Waals surface area contributed by atoms with Gasteiger partial charge in [-0.1, -0.05) is 18.2 Å². The molecule has 1 saturated heterocycles. The first kappa shape index (κ1) is 27.5. The number of hydrogen-bond acceptors (Lipinski definition) is 7. The molecule has 1 aliphatic carbocycles. The number of methoxy groups -OCH3 is 2. The summed E-state index contributed by atoms with van der Waals surface area (Å²) >= 11 is 0. The lowest BCUT2D eigenvalue weighted by molar-refractivity contribution is -0.133. The number of aromatic nitrogens is 1. The number of amides is 2. The van der Waals surface area contributed by atoms with Crippen molar-refractivity contribution < 1.29 is 23.8 Å². The molecule has 0 spiro atoms. The molecule has 2 fully saturated rings. The van der Waals surface area contributed by atoms with E-state index in [1.807, 2.05) is 54.6 Å². The first-order valence-electron chi connectivity index (χ1n) is 14.2. The van der Waals surface area contributed by atoms with Crippen molar-refractivity contribution in [1.29, 1.82) is 0 Å². The fraction of sp³-hybridized carbons (Fsp3) is 0.303. The van der Waals surface area contributed by atoms with Crippen LogP contribution in [0.3, 0.4) is 0 Å². The van der Waals surface area contributed by atoms with Crippen LogP contribution in [0.2, 0.25) is 0 Å². The number of carbonyl (C=O) groups is 2. The van der Waals surface area contributed by atoms with Crippen molar-refractivity contribution in [3.05, 3.63) is 78.5 Å². The molecule has 4 aromatic rings. The molecule has 0 atom stereocenters. The van der Waals surface area contributed by atoms with E-state index in [0.717, 1.165) is 36.3 Å². The number of carbonyl (C=O) groups excluding carboxylic acids is 2. The standard InChI is InChI=1S/C33H34N4O5/c1-40-29-19-25-26(20-30(29)41-2)35-16-13-28(25)42-24-11-9-23(10-12-24)37(32(39)33(14-15-33)31(34)38)27-8-4-3-7-22(27)21-36-17-5-6-18-36/h3-4,7-13,16,19-20H,5-6,14-15,17-18,21H2,1-2H3,(H2,34,38). The molecule has 2 heterocycles. The number of rotatable bonds is 10. The molecule has 2 amide bonds. The van der Waals surface area contributed by atoms with Crippen molar-refractivity contribution in [2.75, 3.05) is 32.2 Å². The molecule has 1 aromatic heterocycles. The summed E-state index contributed by atoms with van der Waals surface area (Å²) < 4.78 is 17.2. The number of fused-ring (bicyclic) bond motifs is 1. The Morgan fingerprint density at radius 3 is 2.29 bits per heavy atom. The lowest BCUT2D eigenvalue weighted by Crippen LogP contribution is -2.41. The van der Waals surface area contributed by atoms with Gasteiger partial charge in [0.1, 0.15) is 16.9 Å². The van der Waals surface area contributed by atoms with Gasteiger partial charge in [0.15, 0.2) is 11.5 Å². The normalized spacial score (nSPS) is 15.8. The summed E-state index contributed by atoms with van der Waals surface area (Å²) in [5, 5.41) is 0.768. The molecule has 0 unspecified atom stereocenters. The Morgan fingerprint density at radius 2 is 1.62 bits per heavy atom. The second kappa shape index (κ2) is 11.3. The Balaban J connectivity index is 1.34. The van der Waals surface area contributed by atoms with Crippen LogP contribution in [-0.4, -0.2) is 49.0 Å². The van der Waals surface area contributed by atoms with Gasteiger partial charge >= 0.3 is 0 Å². The van der Waals surface area contributed by atoms with Crippen molar-refractivity contribution in [2.45, 2.75) is 32.2 Å². The number of nitrogens with zero attached hydrogens (tertiary/aromatic N) is 3. The fourth-order valence-corrected chi connectivity index (χ4v) is 5.64. The summed E-state index contributed by atoms with van der Waals surface area (Å²) in [6.45, 7) is 2.79. The molecule has 9 heteroatoms. The molecule has 6 rings (SSSR count). The number of hydrogen-bond donors (Lipinski definition) is 1. The Labute approximate surface area is 244 Å². The zero-order valence-electron chi connectivity index (χ0n) is 23.8. The third kappa shape index (κ3) is 5.12. The number of nitrogens with two attached hydrogens (primary N) is 1. The van der Waals surface area contributed by atoms with Crippen LogP contribution in [-0.2, 0) is 16.1 Å². The average molecular weight is 567 g/mol. The molecule has 0 radical (unpaired) electrons. The summed E-state index contributed by atoms with van der Waals surface area (Å²) in [5.41, 5.74) is 7.71. The number of primary amides is 1. The van der Waals surface area contributed by atoms with Gasteiger partial charge in [-0.15, -0.1) is 0 Å². The highest BCUT2D eigenvalue weighted by Crippen LogP contribution is 2.49. The fourth-order valence-electron chi connectivity index (χ4n) is 5.64. The summed E-state index contributed by atoms with van der Waals surface area (Å²) in [5.74, 6) is 1.46. The SMILES string of the molecule is COc1cc2nccc(Oc3ccc(N(C(=O)C4(C(N)=O)CC4)c4ccccc4CN4CCCC4)cc3)c2cc1OC. The monoisotopic (exact) mass is 566 g/mol. The van der Waals surface area contributed by atoms with E-state index in [9.17, 15) is 9.59 Å². The van der Waals surface area contributed by atoms with Gasteiger partial charge < -0.3 is 19.9 Å². The summed E-state index contributed by atoms with van der Waals surface area (Å²) in [6.07, 6.45) is 4.93. The highest BCUT2D eigenvalue weighted by molar-refractivity contribution is 6.16. The highest BCUT2D eigenvalue weighted by Gasteiger charge is 2.57. The van der Waals surface area contributed by atoms with Gasteiger partial charge in [-0.3, -0.25) is 24.4 Å². The van der Waals surface area contributed by atoms with E-state index in [1.165, 1.54) is 12.8 Å². The van der Waals surface area contributed by atoms with Crippen molar-refractivity contribution in [1.82, 2.24) is 9.88 Å². The molecule has 1 aliphatic heterocycles. The second-order valence-electron chi connectivity index (χ2n) is 10.8. The Kier molecular flexibility index (Phi) is 7.43. The van der Waals surface area contributed by atoms with Crippen LogP contribution in [0.15, 0.2) is 72.9 Å². The Morgan fingerprint density at radius 1 is 0.929 bits per heavy atom. The minimum atomic E-state index is -1.17. The first-order chi connectivity index (χ1) is 20.4. The van der Waals surface area contributed by atoms with Crippen LogP contribution in [0.1, 0.15) is 31.2 Å². The molecular weight excluding hydrogens is 532 g/mol. The number of likely N-dealkylation sites (tertiary alicyclic amines) is 1. The van der Waals surface area contributed by atoms with Gasteiger partial charge in [0.25, 0.3) is 0 Å². The van der Waals surface area contributed by atoms with Crippen LogP contribution in [0, 0.1) is 5.41 Å². The Bertz CT molecular complexity index is 1630. The van der Waals surface area contributed by atoms with Gasteiger partial charge in [-0.25, -0.2) is 0 Å². The number of benzene rings is 3. The smallest absolute Gasteiger partial charge is 0.247 e. The van der Waals surface area contributed by atoms with Gasteiger partial charge in [-0.2, -0.15) is 0 Å². The van der Waals surface area contributed by atoms with Crippen LogP contribution in [0.5, 0.6) is 23.0 Å². The van der Waals surface area contributed by atoms with Crippen molar-refractivity contribution in [3.63, 3.8) is 0 Å². The maximum atomic E-state index is 14.0. The summed E-state index contributed by atoms with van der Waals surface area (Å²) in [7, 11) is 3.17. The van der Waals surface area contributed by atoms with E-state index in [2.05, 4.69) is 9.88 Å². The highest BCUT2D eigenvalue weighted by atomic mass is 16.5. The van der Waals surface area contributed by atoms with E-state index < -0.39 is 11.3 Å². The van der Waals surface area contributed by atoms with E-state index >= 15 is 0 Å². The lowest BCUT2D eigenvalue weighted by atomic mass is 10.0. The van der Waals surface area contributed by atoms with Crippen LogP contribution in [0.4, 0.5) is 11.4 Å². The number of ether oxygens (including phenoxy) is 3. The lowest BCUT2D eigenvalue weighted by Gasteiger charge is -2.29. The molecule has 3 aromatic carbocycles. The maximum absolute atomic E-state index is 14.0. The zero-order valence-corrected chi connectivity index (χ0v) is 23.8. The van der Waals surface area contributed by atoms with Crippen LogP contribution < -0.4 is 24.8 Å². The molecule has 0 bridgehead atoms. The molecule has 2 aliphatic rings. The summed E-state index contributed by atoms with van der Waals surface area (Å²) in [4.78, 5) is 35.0. The predicted molar refractivity (Wildman–Crippen MR) is 160 cm³/mol. The van der Waals surface area contributed by atoms with Gasteiger partial charge in [0.05, 0.1) is 25.4 Å². The van der Waals surface area contributed by atoms with Crippen LogP contribution >= 0.6 is 0 Å². The molecule has 2 N–H and O–H groups in total. The molecule has 1 saturated carbocycles. The topological polar surface area (TPSA) is 107 Å². The van der Waals surface area contributed by atoms with Gasteiger partial charge in [-0.05, 0) is 86.8 Å². The van der Waals surface area contributed by atoms with Crippen molar-refractivity contribution in [2.24, 2.45) is 11.1 Å². The van der Waals surface area contributed by atoms with E-state index in [-0.39, 0.29) is 5.91 Å².